The van der Waals surface area contributed by atoms with Crippen molar-refractivity contribution in [2.24, 2.45) is 17.3 Å². The molecule has 4 atom stereocenters. The van der Waals surface area contributed by atoms with Crippen molar-refractivity contribution in [3.05, 3.63) is 29.8 Å². The summed E-state index contributed by atoms with van der Waals surface area (Å²) in [5, 5.41) is 0. The van der Waals surface area contributed by atoms with Crippen LogP contribution in [0.5, 0.6) is 5.75 Å². The summed E-state index contributed by atoms with van der Waals surface area (Å²) >= 11 is 6.78. The first-order chi connectivity index (χ1) is 11.4. The Morgan fingerprint density at radius 3 is 2.25 bits per heavy atom. The molecule has 4 fully saturated rings. The number of esters is 2. The van der Waals surface area contributed by atoms with Gasteiger partial charge in [0.15, 0.2) is 0 Å². The number of hydrogen-bond donors (Lipinski definition) is 0. The molecular weight excluding hydrogens is 328 g/mol. The molecule has 4 bridgehead atoms. The monoisotopic (exact) mass is 348 g/mol. The molecule has 1 aromatic carbocycles. The lowest BCUT2D eigenvalue weighted by atomic mass is 9.49. The predicted octanol–water partition coefficient (Wildman–Crippen LogP) is 3.96. The molecule has 4 saturated carbocycles. The minimum atomic E-state index is -0.424. The highest BCUT2D eigenvalue weighted by Gasteiger charge is 2.60. The number of halogens is 1. The molecule has 0 heterocycles. The molecule has 128 valence electrons. The fraction of sp³-hybridized carbons (Fsp3) is 0.579. The van der Waals surface area contributed by atoms with E-state index in [1.807, 2.05) is 0 Å². The van der Waals surface area contributed by atoms with Gasteiger partial charge in [-0.05, 0) is 74.6 Å². The largest absolute Gasteiger partial charge is 0.465 e. The van der Waals surface area contributed by atoms with Crippen LogP contribution in [0.15, 0.2) is 24.3 Å². The van der Waals surface area contributed by atoms with Gasteiger partial charge in [0.05, 0.1) is 18.1 Å². The van der Waals surface area contributed by atoms with E-state index in [4.69, 9.17) is 16.3 Å². The van der Waals surface area contributed by atoms with Gasteiger partial charge in [-0.15, -0.1) is 11.6 Å². The second-order valence-corrected chi connectivity index (χ2v) is 8.60. The third-order valence-corrected chi connectivity index (χ3v) is 6.35. The zero-order valence-corrected chi connectivity index (χ0v) is 14.5. The normalized spacial score (nSPS) is 36.4. The molecule has 5 rings (SSSR count). The van der Waals surface area contributed by atoms with E-state index in [-0.39, 0.29) is 10.8 Å². The number of carbonyl (C=O) groups is 2. The van der Waals surface area contributed by atoms with Gasteiger partial charge in [-0.25, -0.2) is 4.79 Å². The fourth-order valence-electron chi connectivity index (χ4n) is 5.38. The maximum Gasteiger partial charge on any atom is 0.337 e. The van der Waals surface area contributed by atoms with Crippen LogP contribution in [0.2, 0.25) is 0 Å². The van der Waals surface area contributed by atoms with E-state index >= 15 is 0 Å². The molecule has 24 heavy (non-hydrogen) atoms. The minimum absolute atomic E-state index is 0.160. The average molecular weight is 349 g/mol. The first-order valence-electron chi connectivity index (χ1n) is 8.51. The molecule has 0 saturated heterocycles. The van der Waals surface area contributed by atoms with Crippen molar-refractivity contribution in [1.82, 2.24) is 0 Å². The van der Waals surface area contributed by atoms with Crippen LogP contribution in [0.4, 0.5) is 0 Å². The highest BCUT2D eigenvalue weighted by atomic mass is 35.5. The summed E-state index contributed by atoms with van der Waals surface area (Å²) in [5.74, 6) is 1.01. The summed E-state index contributed by atoms with van der Waals surface area (Å²) in [6.07, 6.45) is 5.81. The number of carbonyl (C=O) groups excluding carboxylic acids is 2. The number of methoxy groups -OCH3 is 1. The predicted molar refractivity (Wildman–Crippen MR) is 89.1 cm³/mol. The van der Waals surface area contributed by atoms with Crippen LogP contribution in [0.3, 0.4) is 0 Å². The van der Waals surface area contributed by atoms with Crippen molar-refractivity contribution in [2.75, 3.05) is 7.11 Å². The lowest BCUT2D eigenvalue weighted by Gasteiger charge is -2.58. The lowest BCUT2D eigenvalue weighted by Crippen LogP contribution is -2.56. The molecule has 0 radical (unpaired) electrons. The van der Waals surface area contributed by atoms with Crippen molar-refractivity contribution >= 4 is 23.5 Å². The maximum absolute atomic E-state index is 12.9. The summed E-state index contributed by atoms with van der Waals surface area (Å²) < 4.78 is 10.3. The first kappa shape index (κ1) is 15.9. The molecule has 5 heteroatoms. The van der Waals surface area contributed by atoms with Gasteiger partial charge in [-0.3, -0.25) is 4.79 Å². The highest BCUT2D eigenvalue weighted by Crippen LogP contribution is 2.64. The summed E-state index contributed by atoms with van der Waals surface area (Å²) in [4.78, 5) is 24.2. The van der Waals surface area contributed by atoms with Crippen LogP contribution >= 0.6 is 11.6 Å². The maximum atomic E-state index is 12.9. The fourth-order valence-corrected chi connectivity index (χ4v) is 6.07. The van der Waals surface area contributed by atoms with Gasteiger partial charge in [0.2, 0.25) is 0 Å². The van der Waals surface area contributed by atoms with Crippen LogP contribution in [-0.2, 0) is 9.53 Å². The Kier molecular flexibility index (Phi) is 3.64. The SMILES string of the molecule is COC(=O)c1ccc(OC(=O)C23C[C@@H]4C[C@@H](CC(Cl)(C4)C2)C3)cc1. The van der Waals surface area contributed by atoms with E-state index < -0.39 is 11.4 Å². The van der Waals surface area contributed by atoms with E-state index in [2.05, 4.69) is 4.74 Å². The van der Waals surface area contributed by atoms with Gasteiger partial charge >= 0.3 is 11.9 Å². The van der Waals surface area contributed by atoms with Gasteiger partial charge in [0.1, 0.15) is 5.75 Å². The molecule has 4 aliphatic rings. The molecule has 0 aliphatic heterocycles. The second kappa shape index (κ2) is 5.48. The van der Waals surface area contributed by atoms with Crippen LogP contribution in [0.25, 0.3) is 0 Å². The molecule has 0 N–H and O–H groups in total. The quantitative estimate of drug-likeness (QED) is 0.471. The Morgan fingerprint density at radius 1 is 1.08 bits per heavy atom. The molecular formula is C19H21ClO4. The Bertz CT molecular complexity index is 667. The zero-order chi connectivity index (χ0) is 16.9. The van der Waals surface area contributed by atoms with Gasteiger partial charge in [0, 0.05) is 4.87 Å². The average Bonchev–Trinajstić information content (AvgIpc) is 2.52. The van der Waals surface area contributed by atoms with Crippen LogP contribution < -0.4 is 4.74 Å². The van der Waals surface area contributed by atoms with Gasteiger partial charge in [-0.2, -0.15) is 0 Å². The molecule has 0 amide bonds. The minimum Gasteiger partial charge on any atom is -0.465 e. The van der Waals surface area contributed by atoms with Gasteiger partial charge < -0.3 is 9.47 Å². The Balaban J connectivity index is 1.51. The van der Waals surface area contributed by atoms with Crippen molar-refractivity contribution in [3.8, 4) is 5.75 Å². The number of benzene rings is 1. The summed E-state index contributed by atoms with van der Waals surface area (Å²) in [5.41, 5.74) is 0.0131. The first-order valence-corrected chi connectivity index (χ1v) is 8.89. The van der Waals surface area contributed by atoms with Crippen LogP contribution in [-0.4, -0.2) is 23.9 Å². The third-order valence-electron chi connectivity index (χ3n) is 5.91. The molecule has 1 aromatic rings. The number of rotatable bonds is 3. The van der Waals surface area contributed by atoms with E-state index in [0.717, 1.165) is 32.1 Å². The van der Waals surface area contributed by atoms with Crippen molar-refractivity contribution in [1.29, 1.82) is 0 Å². The third kappa shape index (κ3) is 2.61. The van der Waals surface area contributed by atoms with E-state index in [1.165, 1.54) is 13.5 Å². The summed E-state index contributed by atoms with van der Waals surface area (Å²) in [7, 11) is 1.34. The van der Waals surface area contributed by atoms with Crippen molar-refractivity contribution < 1.29 is 19.1 Å². The molecule has 0 spiro atoms. The summed E-state index contributed by atoms with van der Waals surface area (Å²) in [6, 6.07) is 6.50. The topological polar surface area (TPSA) is 52.6 Å². The van der Waals surface area contributed by atoms with E-state index in [1.54, 1.807) is 24.3 Å². The lowest BCUT2D eigenvalue weighted by molar-refractivity contribution is -0.160. The zero-order valence-electron chi connectivity index (χ0n) is 13.7. The second-order valence-electron chi connectivity index (χ2n) is 7.80. The Labute approximate surface area is 146 Å². The van der Waals surface area contributed by atoms with Crippen LogP contribution in [0.1, 0.15) is 48.9 Å². The molecule has 4 aliphatic carbocycles. The number of alkyl halides is 1. The smallest absolute Gasteiger partial charge is 0.337 e. The molecule has 0 aromatic heterocycles. The molecule has 2 unspecified atom stereocenters. The van der Waals surface area contributed by atoms with E-state index in [9.17, 15) is 9.59 Å². The van der Waals surface area contributed by atoms with Gasteiger partial charge in [0.25, 0.3) is 0 Å². The Hall–Kier alpha value is -1.55. The van der Waals surface area contributed by atoms with Crippen molar-refractivity contribution in [3.63, 3.8) is 0 Å². The van der Waals surface area contributed by atoms with Crippen LogP contribution in [0, 0.1) is 17.3 Å². The highest BCUT2D eigenvalue weighted by molar-refractivity contribution is 6.24. The van der Waals surface area contributed by atoms with Gasteiger partial charge in [-0.1, -0.05) is 0 Å². The summed E-state index contributed by atoms with van der Waals surface area (Å²) in [6.45, 7) is 0. The molecule has 4 nitrogen and oxygen atoms in total. The Morgan fingerprint density at radius 2 is 1.71 bits per heavy atom. The number of ether oxygens (including phenoxy) is 2. The standard InChI is InChI=1S/C19H21ClO4/c1-23-16(21)14-2-4-15(5-3-14)24-17(22)18-7-12-6-13(8-18)10-19(20,9-12)11-18/h2-5,12-13H,6-11H2,1H3/t12-,13+,18?,19?. The number of hydrogen-bond acceptors (Lipinski definition) is 4. The van der Waals surface area contributed by atoms with Crippen molar-refractivity contribution in [2.45, 2.75) is 43.4 Å². The van der Waals surface area contributed by atoms with E-state index in [0.29, 0.717) is 23.1 Å².